The summed E-state index contributed by atoms with van der Waals surface area (Å²) >= 11 is 0. The molecule has 6 amide bonds. The Morgan fingerprint density at radius 3 is 1.82 bits per heavy atom. The topological polar surface area (TPSA) is 410 Å². The summed E-state index contributed by atoms with van der Waals surface area (Å²) in [4.78, 5) is 122. The number of para-hydroxylation sites is 1. The highest BCUT2D eigenvalue weighted by Gasteiger charge is 2.35. The van der Waals surface area contributed by atoms with Gasteiger partial charge in [0, 0.05) is 54.8 Å². The van der Waals surface area contributed by atoms with Crippen molar-refractivity contribution in [3.63, 3.8) is 0 Å². The molecular weight excluding hydrogens is 933 g/mol. The molecule has 4 rings (SSSR count). The Balaban J connectivity index is 1.67. The van der Waals surface area contributed by atoms with E-state index in [0.717, 1.165) is 17.3 Å². The minimum Gasteiger partial charge on any atom is -0.481 e. The third-order valence-electron chi connectivity index (χ3n) is 11.6. The summed E-state index contributed by atoms with van der Waals surface area (Å²) in [5.41, 5.74) is 25.1. The maximum Gasteiger partial charge on any atom is 0.326 e. The molecule has 0 bridgehead atoms. The van der Waals surface area contributed by atoms with Crippen LogP contribution in [0, 0.1) is 0 Å². The van der Waals surface area contributed by atoms with Gasteiger partial charge in [0.05, 0.1) is 18.8 Å². The number of nitrogens with zero attached hydrogens (tertiary/aromatic N) is 2. The quantitative estimate of drug-likeness (QED) is 0.0160. The molecule has 0 fully saturated rings. The van der Waals surface area contributed by atoms with Gasteiger partial charge < -0.3 is 75.0 Å². The number of benzene rings is 2. The van der Waals surface area contributed by atoms with Crippen molar-refractivity contribution in [3.8, 4) is 0 Å². The maximum absolute atomic E-state index is 14.6. The van der Waals surface area contributed by atoms with Crippen molar-refractivity contribution in [3.05, 3.63) is 90.1 Å². The number of rotatable bonds is 32. The van der Waals surface area contributed by atoms with Crippen LogP contribution in [0.15, 0.2) is 78.3 Å². The van der Waals surface area contributed by atoms with Crippen LogP contribution in [0.5, 0.6) is 0 Å². The molecule has 0 unspecified atom stereocenters. The van der Waals surface area contributed by atoms with Crippen molar-refractivity contribution in [2.45, 2.75) is 126 Å². The Morgan fingerprint density at radius 2 is 1.21 bits per heavy atom. The summed E-state index contributed by atoms with van der Waals surface area (Å²) in [5.74, 6) is -8.11. The molecule has 18 N–H and O–H groups in total. The number of aromatic amines is 2. The van der Waals surface area contributed by atoms with Crippen LogP contribution in [0.4, 0.5) is 0 Å². The summed E-state index contributed by atoms with van der Waals surface area (Å²) in [6.07, 6.45) is 5.78. The number of carbonyl (C=O) groups excluding carboxylic acids is 6. The van der Waals surface area contributed by atoms with E-state index in [1.807, 2.05) is 25.1 Å². The molecule has 7 atom stereocenters. The molecule has 0 spiro atoms. The lowest BCUT2D eigenvalue weighted by atomic mass is 10.0. The van der Waals surface area contributed by atoms with Crippen LogP contribution >= 0.6 is 0 Å². The largest absolute Gasteiger partial charge is 0.481 e. The van der Waals surface area contributed by atoms with Gasteiger partial charge in [-0.05, 0) is 62.3 Å². The first-order valence-corrected chi connectivity index (χ1v) is 23.8. The number of aliphatic carboxylic acids is 2. The van der Waals surface area contributed by atoms with Gasteiger partial charge in [-0.15, -0.1) is 0 Å². The lowest BCUT2D eigenvalue weighted by Gasteiger charge is -2.27. The second-order valence-electron chi connectivity index (χ2n) is 17.3. The first-order valence-electron chi connectivity index (χ1n) is 23.8. The molecule has 24 nitrogen and oxygen atoms in total. The standard InChI is InChI=1S/C48H68N14O10/c1-2-3-15-32(50)41(65)59-39(24-40(63)64)46(70)62-38(23-30-26-53-27-56-30)45(69)60-36(21-28-12-5-4-6-13-28)43(67)57-34(18-11-20-54-48(51)52)42(66)61-37(22-29-25-55-33-16-8-7-14-31(29)33)44(68)58-35(47(71)72)17-9-10-19-49/h4-8,12-14,16,25-27,32,34-39,55H,2-3,9-11,15,17-24,49-50H2,1H3,(H,53,56)(H,57,67)(H,58,68)(H,59,65)(H,60,69)(H,61,66)(H,62,70)(H,63,64)(H,71,72)(H4,51,52,54)/t32-,34-,35-,36+,37-,38-,39-/m0/s1. The van der Waals surface area contributed by atoms with E-state index in [0.29, 0.717) is 42.6 Å². The lowest BCUT2D eigenvalue weighted by Crippen LogP contribution is -2.60. The van der Waals surface area contributed by atoms with Gasteiger partial charge >= 0.3 is 11.9 Å². The average molecular weight is 1000 g/mol. The van der Waals surface area contributed by atoms with Gasteiger partial charge in [0.2, 0.25) is 35.4 Å². The number of aromatic nitrogens is 3. The van der Waals surface area contributed by atoms with Crippen molar-refractivity contribution >= 4 is 64.2 Å². The van der Waals surface area contributed by atoms with Crippen LogP contribution in [0.3, 0.4) is 0 Å². The predicted octanol–water partition coefficient (Wildman–Crippen LogP) is -0.913. The molecule has 0 radical (unpaired) electrons. The molecule has 24 heteroatoms. The number of guanidine groups is 1. The zero-order valence-corrected chi connectivity index (χ0v) is 40.2. The third-order valence-corrected chi connectivity index (χ3v) is 11.6. The molecule has 2 aromatic heterocycles. The number of amides is 6. The number of nitrogens with two attached hydrogens (primary N) is 4. The van der Waals surface area contributed by atoms with E-state index in [4.69, 9.17) is 22.9 Å². The zero-order chi connectivity index (χ0) is 52.6. The molecule has 2 aromatic carbocycles. The number of unbranched alkanes of at least 4 members (excludes halogenated alkanes) is 2. The number of carboxylic acids is 2. The van der Waals surface area contributed by atoms with Gasteiger partial charge in [0.25, 0.3) is 0 Å². The number of nitrogens with one attached hydrogen (secondary N) is 8. The summed E-state index contributed by atoms with van der Waals surface area (Å²) in [7, 11) is 0. The maximum atomic E-state index is 14.6. The summed E-state index contributed by atoms with van der Waals surface area (Å²) in [6, 6.07) is 6.18. The van der Waals surface area contributed by atoms with Gasteiger partial charge in [0.1, 0.15) is 36.3 Å². The molecule has 0 aliphatic carbocycles. The Bertz CT molecular complexity index is 2440. The van der Waals surface area contributed by atoms with Crippen molar-refractivity contribution in [2.75, 3.05) is 13.1 Å². The lowest BCUT2D eigenvalue weighted by molar-refractivity contribution is -0.142. The van der Waals surface area contributed by atoms with Crippen LogP contribution < -0.4 is 54.8 Å². The Morgan fingerprint density at radius 1 is 0.639 bits per heavy atom. The Hall–Kier alpha value is -7.86. The number of hydrogen-bond donors (Lipinski definition) is 14. The SMILES string of the molecule is CCCC[C@H](N)C(=O)N[C@@H](CC(=O)O)C(=O)N[C@@H](Cc1cnc[nH]1)C(=O)N[C@H](Cc1ccccc1)C(=O)N[C@@H](CCCN=C(N)N)C(=O)N[C@@H](Cc1c[nH]c2ccccc12)C(=O)N[C@@H](CCCCN)C(=O)O. The summed E-state index contributed by atoms with van der Waals surface area (Å²) in [5, 5.41) is 36.0. The first kappa shape index (κ1) is 56.7. The molecule has 390 valence electrons. The van der Waals surface area contributed by atoms with Crippen molar-refractivity contribution in [1.29, 1.82) is 0 Å². The van der Waals surface area contributed by atoms with E-state index in [1.165, 1.54) is 12.5 Å². The number of fused-ring (bicyclic) bond motifs is 1. The average Bonchev–Trinajstić information content (AvgIpc) is 4.03. The highest BCUT2D eigenvalue weighted by molar-refractivity contribution is 5.98. The normalized spacial score (nSPS) is 14.0. The number of aliphatic imine (C=N–C) groups is 1. The van der Waals surface area contributed by atoms with Gasteiger partial charge in [-0.25, -0.2) is 9.78 Å². The molecule has 4 aromatic rings. The summed E-state index contributed by atoms with van der Waals surface area (Å²) < 4.78 is 0. The van der Waals surface area contributed by atoms with Crippen LogP contribution in [-0.4, -0.2) is 134 Å². The molecule has 0 aliphatic heterocycles. The molecular formula is C48H68N14O10. The fourth-order valence-corrected chi connectivity index (χ4v) is 7.72. The Labute approximate surface area is 416 Å². The number of carbonyl (C=O) groups is 8. The van der Waals surface area contributed by atoms with Crippen molar-refractivity contribution in [2.24, 2.45) is 27.9 Å². The van der Waals surface area contributed by atoms with Gasteiger partial charge in [0.15, 0.2) is 5.96 Å². The first-order chi connectivity index (χ1) is 34.5. The fraction of sp³-hybridized carbons (Fsp3) is 0.458. The predicted molar refractivity (Wildman–Crippen MR) is 266 cm³/mol. The zero-order valence-electron chi connectivity index (χ0n) is 40.2. The van der Waals surface area contributed by atoms with E-state index in [9.17, 15) is 48.6 Å². The number of hydrogen-bond acceptors (Lipinski definition) is 12. The minimum atomic E-state index is -1.64. The number of imidazole rings is 1. The van der Waals surface area contributed by atoms with E-state index < -0.39 is 96.1 Å². The van der Waals surface area contributed by atoms with E-state index in [-0.39, 0.29) is 57.5 Å². The van der Waals surface area contributed by atoms with Gasteiger partial charge in [-0.1, -0.05) is 68.3 Å². The molecule has 0 saturated carbocycles. The van der Waals surface area contributed by atoms with Gasteiger partial charge in [-0.2, -0.15) is 0 Å². The van der Waals surface area contributed by atoms with Gasteiger partial charge in [-0.3, -0.25) is 38.6 Å². The van der Waals surface area contributed by atoms with Crippen molar-refractivity contribution in [1.82, 2.24) is 46.9 Å². The van der Waals surface area contributed by atoms with Crippen LogP contribution in [-0.2, 0) is 57.6 Å². The highest BCUT2D eigenvalue weighted by atomic mass is 16.4. The molecule has 2 heterocycles. The van der Waals surface area contributed by atoms with Crippen molar-refractivity contribution < 1.29 is 48.6 Å². The minimum absolute atomic E-state index is 0.0392. The monoisotopic (exact) mass is 1000 g/mol. The van der Waals surface area contributed by atoms with E-state index in [1.54, 1.807) is 42.6 Å². The highest BCUT2D eigenvalue weighted by Crippen LogP contribution is 2.20. The Kier molecular flexibility index (Phi) is 23.1. The van der Waals surface area contributed by atoms with Crippen LogP contribution in [0.25, 0.3) is 10.9 Å². The molecule has 72 heavy (non-hydrogen) atoms. The number of H-pyrrole nitrogens is 2. The van der Waals surface area contributed by atoms with Crippen LogP contribution in [0.1, 0.15) is 81.5 Å². The second kappa shape index (κ2) is 29.4. The fourth-order valence-electron chi connectivity index (χ4n) is 7.72. The molecule has 0 saturated heterocycles. The smallest absolute Gasteiger partial charge is 0.326 e. The van der Waals surface area contributed by atoms with E-state index >= 15 is 0 Å². The number of carboxylic acid groups (broad SMARTS) is 2. The molecule has 0 aliphatic rings. The second-order valence-corrected chi connectivity index (χ2v) is 17.3. The third kappa shape index (κ3) is 18.8. The van der Waals surface area contributed by atoms with E-state index in [2.05, 4.69) is 51.8 Å². The summed E-state index contributed by atoms with van der Waals surface area (Å²) in [6.45, 7) is 2.26. The van der Waals surface area contributed by atoms with Crippen LogP contribution in [0.2, 0.25) is 0 Å².